The number of rotatable bonds is 6. The van der Waals surface area contributed by atoms with Crippen LogP contribution in [0.1, 0.15) is 39.8 Å². The largest absolute Gasteiger partial charge is 0.463 e. The summed E-state index contributed by atoms with van der Waals surface area (Å²) in [7, 11) is 0. The van der Waals surface area contributed by atoms with Crippen LogP contribution in [-0.4, -0.2) is 21.7 Å². The van der Waals surface area contributed by atoms with Crippen molar-refractivity contribution < 1.29 is 14.0 Å². The second-order valence-corrected chi connectivity index (χ2v) is 6.04. The topological polar surface area (TPSA) is 85.1 Å². The van der Waals surface area contributed by atoms with Gasteiger partial charge in [0.15, 0.2) is 16.7 Å². The summed E-state index contributed by atoms with van der Waals surface area (Å²) < 4.78 is 5.36. The predicted octanol–water partition coefficient (Wildman–Crippen LogP) is 4.03. The number of amides is 1. The number of nitrogens with one attached hydrogen (secondary N) is 1. The zero-order valence-electron chi connectivity index (χ0n) is 13.0. The molecule has 0 radical (unpaired) electrons. The minimum Gasteiger partial charge on any atom is -0.463 e. The van der Waals surface area contributed by atoms with E-state index in [-0.39, 0.29) is 11.7 Å². The quantitative estimate of drug-likeness (QED) is 0.684. The fourth-order valence-corrected chi connectivity index (χ4v) is 3.09. The smallest absolute Gasteiger partial charge is 0.257 e. The van der Waals surface area contributed by atoms with E-state index in [1.807, 2.05) is 6.92 Å². The lowest BCUT2D eigenvalue weighted by Gasteiger charge is -2.00. The molecule has 6 nitrogen and oxygen atoms in total. The molecule has 3 aromatic heterocycles. The number of furan rings is 1. The normalized spacial score (nSPS) is 10.5. The van der Waals surface area contributed by atoms with Gasteiger partial charge in [0.1, 0.15) is 10.6 Å². The van der Waals surface area contributed by atoms with Crippen molar-refractivity contribution in [3.05, 3.63) is 53.4 Å². The number of Topliss-reactive ketones (excluding diaryl/α,β-unsaturated/α-hetero) is 1. The molecule has 1 amide bonds. The van der Waals surface area contributed by atoms with Crippen molar-refractivity contribution in [3.8, 4) is 11.5 Å². The van der Waals surface area contributed by atoms with E-state index in [1.165, 1.54) is 6.26 Å². The van der Waals surface area contributed by atoms with Gasteiger partial charge in [-0.15, -0.1) is 0 Å². The number of carbonyl (C=O) groups excluding carboxylic acids is 2. The minimum absolute atomic E-state index is 0.00851. The summed E-state index contributed by atoms with van der Waals surface area (Å²) in [6, 6.07) is 6.70. The summed E-state index contributed by atoms with van der Waals surface area (Å²) in [6.45, 7) is 1.94. The summed E-state index contributed by atoms with van der Waals surface area (Å²) in [4.78, 5) is 33.3. The van der Waals surface area contributed by atoms with Crippen LogP contribution in [0.25, 0.3) is 11.5 Å². The van der Waals surface area contributed by atoms with E-state index in [9.17, 15) is 9.59 Å². The van der Waals surface area contributed by atoms with E-state index >= 15 is 0 Å². The third kappa shape index (κ3) is 3.41. The number of anilines is 1. The molecule has 7 heteroatoms. The van der Waals surface area contributed by atoms with Gasteiger partial charge in [-0.05, 0) is 30.7 Å². The van der Waals surface area contributed by atoms with Crippen LogP contribution in [0.15, 0.2) is 47.3 Å². The molecule has 3 heterocycles. The Morgan fingerprint density at radius 2 is 2.04 bits per heavy atom. The van der Waals surface area contributed by atoms with E-state index in [4.69, 9.17) is 4.42 Å². The minimum atomic E-state index is -0.299. The van der Waals surface area contributed by atoms with Crippen LogP contribution < -0.4 is 5.32 Å². The molecule has 0 saturated carbocycles. The van der Waals surface area contributed by atoms with Gasteiger partial charge in [-0.2, -0.15) is 0 Å². The van der Waals surface area contributed by atoms with Gasteiger partial charge in [0, 0.05) is 24.4 Å². The van der Waals surface area contributed by atoms with Gasteiger partial charge in [0.05, 0.1) is 6.26 Å². The first kappa shape index (κ1) is 16.1. The number of ketones is 1. The van der Waals surface area contributed by atoms with Gasteiger partial charge in [0.25, 0.3) is 5.91 Å². The maximum Gasteiger partial charge on any atom is 0.257 e. The monoisotopic (exact) mass is 341 g/mol. The van der Waals surface area contributed by atoms with E-state index in [0.29, 0.717) is 33.4 Å². The number of hydrogen-bond acceptors (Lipinski definition) is 6. The maximum atomic E-state index is 12.3. The van der Waals surface area contributed by atoms with Crippen LogP contribution >= 0.6 is 11.3 Å². The SMILES string of the molecule is CCCC(=O)c1sc(NC(=O)c2ccncc2)nc1-c1ccco1. The van der Waals surface area contributed by atoms with Crippen molar-refractivity contribution in [2.45, 2.75) is 19.8 Å². The van der Waals surface area contributed by atoms with E-state index in [2.05, 4.69) is 15.3 Å². The number of thiazole rings is 1. The lowest BCUT2D eigenvalue weighted by atomic mass is 10.1. The van der Waals surface area contributed by atoms with Crippen molar-refractivity contribution in [2.24, 2.45) is 0 Å². The van der Waals surface area contributed by atoms with Crippen LogP contribution in [-0.2, 0) is 0 Å². The molecule has 0 aliphatic heterocycles. The van der Waals surface area contributed by atoms with Crippen LogP contribution in [0.5, 0.6) is 0 Å². The molecule has 1 N–H and O–H groups in total. The first-order valence-electron chi connectivity index (χ1n) is 7.48. The zero-order valence-corrected chi connectivity index (χ0v) is 13.8. The summed E-state index contributed by atoms with van der Waals surface area (Å²) in [5, 5.41) is 3.09. The fraction of sp³-hybridized carbons (Fsp3) is 0.176. The fourth-order valence-electron chi connectivity index (χ4n) is 2.16. The Hall–Kier alpha value is -2.80. The van der Waals surface area contributed by atoms with Gasteiger partial charge in [-0.1, -0.05) is 18.3 Å². The molecular weight excluding hydrogens is 326 g/mol. The molecule has 122 valence electrons. The van der Waals surface area contributed by atoms with Crippen LogP contribution in [0.3, 0.4) is 0 Å². The second-order valence-electron chi connectivity index (χ2n) is 5.04. The second kappa shape index (κ2) is 7.18. The highest BCUT2D eigenvalue weighted by molar-refractivity contribution is 7.18. The van der Waals surface area contributed by atoms with Crippen molar-refractivity contribution in [1.29, 1.82) is 0 Å². The molecule has 0 aliphatic rings. The maximum absolute atomic E-state index is 12.3. The Morgan fingerprint density at radius 1 is 1.25 bits per heavy atom. The third-order valence-corrected chi connectivity index (χ3v) is 4.29. The number of carbonyl (C=O) groups is 2. The highest BCUT2D eigenvalue weighted by atomic mass is 32.1. The standard InChI is InChI=1S/C17H15N3O3S/c1-2-4-12(21)15-14(13-5-3-10-23-13)19-17(24-15)20-16(22)11-6-8-18-9-7-11/h3,5-10H,2,4H2,1H3,(H,19,20,22). The van der Waals surface area contributed by atoms with Gasteiger partial charge in [-0.3, -0.25) is 19.9 Å². The van der Waals surface area contributed by atoms with Crippen molar-refractivity contribution >= 4 is 28.2 Å². The van der Waals surface area contributed by atoms with Crippen LogP contribution in [0.2, 0.25) is 0 Å². The molecular formula is C17H15N3O3S. The van der Waals surface area contributed by atoms with Crippen molar-refractivity contribution in [2.75, 3.05) is 5.32 Å². The molecule has 3 rings (SSSR count). The molecule has 24 heavy (non-hydrogen) atoms. The molecule has 0 saturated heterocycles. The Bertz CT molecular complexity index is 841. The van der Waals surface area contributed by atoms with Gasteiger partial charge in [-0.25, -0.2) is 4.98 Å². The molecule has 3 aromatic rings. The molecule has 0 aromatic carbocycles. The molecule has 0 fully saturated rings. The molecule has 0 spiro atoms. The van der Waals surface area contributed by atoms with Crippen molar-refractivity contribution in [1.82, 2.24) is 9.97 Å². The first-order valence-corrected chi connectivity index (χ1v) is 8.30. The Morgan fingerprint density at radius 3 is 2.71 bits per heavy atom. The lowest BCUT2D eigenvalue weighted by Crippen LogP contribution is -2.11. The molecule has 0 bridgehead atoms. The highest BCUT2D eigenvalue weighted by Gasteiger charge is 2.21. The third-order valence-electron chi connectivity index (χ3n) is 3.28. The van der Waals surface area contributed by atoms with E-state index in [1.54, 1.807) is 36.7 Å². The summed E-state index contributed by atoms with van der Waals surface area (Å²) in [5.41, 5.74) is 0.940. The van der Waals surface area contributed by atoms with E-state index in [0.717, 1.165) is 17.8 Å². The Labute approximate surface area is 142 Å². The summed E-state index contributed by atoms with van der Waals surface area (Å²) in [6.07, 6.45) is 5.78. The number of pyridine rings is 1. The van der Waals surface area contributed by atoms with Crippen LogP contribution in [0.4, 0.5) is 5.13 Å². The van der Waals surface area contributed by atoms with Gasteiger partial charge < -0.3 is 4.42 Å². The highest BCUT2D eigenvalue weighted by Crippen LogP contribution is 2.32. The summed E-state index contributed by atoms with van der Waals surface area (Å²) >= 11 is 1.16. The van der Waals surface area contributed by atoms with Crippen LogP contribution in [0, 0.1) is 0 Å². The summed E-state index contributed by atoms with van der Waals surface area (Å²) in [5.74, 6) is 0.201. The number of hydrogen-bond donors (Lipinski definition) is 1. The van der Waals surface area contributed by atoms with E-state index < -0.39 is 0 Å². The van der Waals surface area contributed by atoms with Crippen molar-refractivity contribution in [3.63, 3.8) is 0 Å². The van der Waals surface area contributed by atoms with Gasteiger partial charge in [0.2, 0.25) is 0 Å². The average molecular weight is 341 g/mol. The Kier molecular flexibility index (Phi) is 4.81. The lowest BCUT2D eigenvalue weighted by molar-refractivity contribution is 0.0984. The van der Waals surface area contributed by atoms with Gasteiger partial charge >= 0.3 is 0 Å². The number of nitrogens with zero attached hydrogens (tertiary/aromatic N) is 2. The zero-order chi connectivity index (χ0) is 16.9. The molecule has 0 unspecified atom stereocenters. The Balaban J connectivity index is 1.90. The predicted molar refractivity (Wildman–Crippen MR) is 91.2 cm³/mol. The average Bonchev–Trinajstić information content (AvgIpc) is 3.25. The number of aromatic nitrogens is 2. The first-order chi connectivity index (χ1) is 11.7. The molecule has 0 aliphatic carbocycles. The molecule has 0 atom stereocenters.